The van der Waals surface area contributed by atoms with Crippen LogP contribution < -0.4 is 0 Å². The van der Waals surface area contributed by atoms with E-state index in [4.69, 9.17) is 9.51 Å². The van der Waals surface area contributed by atoms with Crippen LogP contribution in [0.15, 0.2) is 16.2 Å². The first kappa shape index (κ1) is 17.4. The van der Waals surface area contributed by atoms with Crippen molar-refractivity contribution >= 4 is 5.91 Å². The van der Waals surface area contributed by atoms with E-state index in [1.54, 1.807) is 0 Å². The monoisotopic (exact) mass is 370 g/mol. The highest BCUT2D eigenvalue weighted by molar-refractivity contribution is 5.79. The van der Waals surface area contributed by atoms with Crippen LogP contribution in [0.3, 0.4) is 0 Å². The van der Waals surface area contributed by atoms with Crippen LogP contribution in [0.25, 0.3) is 0 Å². The van der Waals surface area contributed by atoms with Crippen LogP contribution in [-0.4, -0.2) is 52.0 Å². The minimum absolute atomic E-state index is 0.241. The maximum atomic E-state index is 12.5. The standard InChI is InChI=1S/C21H30N4O2/c26-19(11-15-5-2-1-3-6-15)25-13-17(14-25)20-22-21(27-23-20)18-7-4-10-24(18)12-16-8-9-16/h5,16-18H,1-4,6-14H2. The van der Waals surface area contributed by atoms with Gasteiger partial charge in [-0.05, 0) is 63.8 Å². The Kier molecular flexibility index (Phi) is 4.76. The Bertz CT molecular complexity index is 718. The molecule has 1 aromatic rings. The number of aromatic nitrogens is 2. The molecule has 1 aromatic heterocycles. The highest BCUT2D eigenvalue weighted by atomic mass is 16.5. The fourth-order valence-corrected chi connectivity index (χ4v) is 4.72. The highest BCUT2D eigenvalue weighted by Gasteiger charge is 2.38. The van der Waals surface area contributed by atoms with Gasteiger partial charge in [-0.3, -0.25) is 9.69 Å². The molecule has 0 bridgehead atoms. The minimum Gasteiger partial charge on any atom is -0.341 e. The van der Waals surface area contributed by atoms with Crippen molar-refractivity contribution in [3.8, 4) is 0 Å². The van der Waals surface area contributed by atoms with Gasteiger partial charge in [0.25, 0.3) is 0 Å². The second-order valence-corrected chi connectivity index (χ2v) is 8.87. The van der Waals surface area contributed by atoms with Crippen LogP contribution in [0.2, 0.25) is 0 Å². The third-order valence-corrected chi connectivity index (χ3v) is 6.66. The molecule has 0 spiro atoms. The van der Waals surface area contributed by atoms with E-state index < -0.39 is 0 Å². The number of hydrogen-bond donors (Lipinski definition) is 0. The molecule has 1 amide bonds. The van der Waals surface area contributed by atoms with Crippen molar-refractivity contribution in [2.24, 2.45) is 5.92 Å². The number of amides is 1. The first-order valence-electron chi connectivity index (χ1n) is 10.8. The zero-order valence-corrected chi connectivity index (χ0v) is 16.1. The second kappa shape index (κ2) is 7.38. The van der Waals surface area contributed by atoms with Crippen molar-refractivity contribution in [3.63, 3.8) is 0 Å². The maximum Gasteiger partial charge on any atom is 0.244 e. The average molecular weight is 370 g/mol. The van der Waals surface area contributed by atoms with Crippen LogP contribution in [-0.2, 0) is 4.79 Å². The van der Waals surface area contributed by atoms with Crippen LogP contribution >= 0.6 is 0 Å². The van der Waals surface area contributed by atoms with Gasteiger partial charge in [-0.25, -0.2) is 0 Å². The lowest BCUT2D eigenvalue weighted by atomic mass is 9.94. The van der Waals surface area contributed by atoms with Gasteiger partial charge in [0.2, 0.25) is 11.8 Å². The summed E-state index contributed by atoms with van der Waals surface area (Å²) in [6.45, 7) is 3.81. The molecule has 0 N–H and O–H groups in total. The number of nitrogens with zero attached hydrogens (tertiary/aromatic N) is 4. The lowest BCUT2D eigenvalue weighted by molar-refractivity contribution is -0.135. The van der Waals surface area contributed by atoms with Crippen molar-refractivity contribution in [1.29, 1.82) is 0 Å². The third kappa shape index (κ3) is 3.82. The maximum absolute atomic E-state index is 12.5. The largest absolute Gasteiger partial charge is 0.341 e. The SMILES string of the molecule is O=C(CC1=CCCCC1)N1CC(c2noc(C3CCCN3CC3CC3)n2)C1. The summed E-state index contributed by atoms with van der Waals surface area (Å²) in [7, 11) is 0. The topological polar surface area (TPSA) is 62.5 Å². The van der Waals surface area contributed by atoms with Gasteiger partial charge < -0.3 is 9.42 Å². The highest BCUT2D eigenvalue weighted by Crippen LogP contribution is 2.38. The average Bonchev–Trinajstić information content (AvgIpc) is 3.12. The number of likely N-dealkylation sites (tertiary alicyclic amines) is 2. The van der Waals surface area contributed by atoms with Gasteiger partial charge in [-0.2, -0.15) is 4.98 Å². The second-order valence-electron chi connectivity index (χ2n) is 8.87. The number of hydrogen-bond acceptors (Lipinski definition) is 5. The summed E-state index contributed by atoms with van der Waals surface area (Å²) in [5.74, 6) is 2.97. The van der Waals surface area contributed by atoms with Crippen LogP contribution in [0.4, 0.5) is 0 Å². The van der Waals surface area contributed by atoms with Crippen molar-refractivity contribution in [1.82, 2.24) is 19.9 Å². The Labute approximate surface area is 161 Å². The van der Waals surface area contributed by atoms with E-state index in [2.05, 4.69) is 16.1 Å². The summed E-state index contributed by atoms with van der Waals surface area (Å²) in [5.41, 5.74) is 1.33. The van der Waals surface area contributed by atoms with E-state index in [0.29, 0.717) is 12.5 Å². The van der Waals surface area contributed by atoms with E-state index in [-0.39, 0.29) is 11.8 Å². The summed E-state index contributed by atoms with van der Waals surface area (Å²) in [6.07, 6.45) is 12.7. The van der Waals surface area contributed by atoms with Gasteiger partial charge in [0, 0.05) is 26.1 Å². The molecule has 3 fully saturated rings. The first-order chi connectivity index (χ1) is 13.3. The Balaban J connectivity index is 1.14. The zero-order valence-electron chi connectivity index (χ0n) is 16.1. The van der Waals surface area contributed by atoms with Gasteiger partial charge in [-0.1, -0.05) is 16.8 Å². The van der Waals surface area contributed by atoms with E-state index >= 15 is 0 Å². The Morgan fingerprint density at radius 2 is 2.07 bits per heavy atom. The van der Waals surface area contributed by atoms with E-state index in [0.717, 1.165) is 56.5 Å². The fourth-order valence-electron chi connectivity index (χ4n) is 4.72. The molecule has 3 heterocycles. The molecule has 2 saturated heterocycles. The Morgan fingerprint density at radius 3 is 2.85 bits per heavy atom. The van der Waals surface area contributed by atoms with Crippen LogP contribution in [0.5, 0.6) is 0 Å². The van der Waals surface area contributed by atoms with Gasteiger partial charge in [-0.15, -0.1) is 0 Å². The van der Waals surface area contributed by atoms with Gasteiger partial charge in [0.1, 0.15) is 0 Å². The molecule has 2 aliphatic heterocycles. The van der Waals surface area contributed by atoms with Gasteiger partial charge >= 0.3 is 0 Å². The van der Waals surface area contributed by atoms with Crippen LogP contribution in [0, 0.1) is 5.92 Å². The minimum atomic E-state index is 0.241. The summed E-state index contributed by atoms with van der Waals surface area (Å²) in [5, 5.41) is 4.26. The number of allylic oxidation sites excluding steroid dienone is 1. The van der Waals surface area contributed by atoms with Gasteiger partial charge in [0.15, 0.2) is 5.82 Å². The summed E-state index contributed by atoms with van der Waals surface area (Å²) in [6, 6.07) is 0.308. The van der Waals surface area contributed by atoms with Crippen LogP contribution in [0.1, 0.15) is 81.5 Å². The third-order valence-electron chi connectivity index (χ3n) is 6.66. The molecule has 146 valence electrons. The normalized spacial score (nSPS) is 26.9. The summed E-state index contributed by atoms with van der Waals surface area (Å²) in [4.78, 5) is 21.7. The lowest BCUT2D eigenvalue weighted by Crippen LogP contribution is -2.48. The van der Waals surface area contributed by atoms with E-state index in [9.17, 15) is 4.79 Å². The van der Waals surface area contributed by atoms with Crippen molar-refractivity contribution in [3.05, 3.63) is 23.4 Å². The Morgan fingerprint density at radius 1 is 1.19 bits per heavy atom. The molecule has 1 saturated carbocycles. The van der Waals surface area contributed by atoms with Gasteiger partial charge in [0.05, 0.1) is 12.0 Å². The number of carbonyl (C=O) groups is 1. The molecule has 4 aliphatic rings. The molecule has 6 heteroatoms. The molecular weight excluding hydrogens is 340 g/mol. The molecule has 27 heavy (non-hydrogen) atoms. The smallest absolute Gasteiger partial charge is 0.244 e. The quantitative estimate of drug-likeness (QED) is 0.718. The first-order valence-corrected chi connectivity index (χ1v) is 10.8. The lowest BCUT2D eigenvalue weighted by Gasteiger charge is -2.37. The fraction of sp³-hybridized carbons (Fsp3) is 0.762. The molecular formula is C21H30N4O2. The van der Waals surface area contributed by atoms with E-state index in [1.807, 2.05) is 4.90 Å². The molecule has 2 aliphatic carbocycles. The molecule has 6 nitrogen and oxygen atoms in total. The molecule has 5 rings (SSSR count). The molecule has 1 atom stereocenters. The summed E-state index contributed by atoms with van der Waals surface area (Å²) >= 11 is 0. The summed E-state index contributed by atoms with van der Waals surface area (Å²) < 4.78 is 5.64. The molecule has 0 radical (unpaired) electrons. The van der Waals surface area contributed by atoms with E-state index in [1.165, 1.54) is 44.2 Å². The number of rotatable bonds is 6. The predicted molar refractivity (Wildman–Crippen MR) is 101 cm³/mol. The number of carbonyl (C=O) groups excluding carboxylic acids is 1. The molecule has 0 aromatic carbocycles. The van der Waals surface area contributed by atoms with Crippen molar-refractivity contribution in [2.75, 3.05) is 26.2 Å². The van der Waals surface area contributed by atoms with Crippen molar-refractivity contribution < 1.29 is 9.32 Å². The Hall–Kier alpha value is -1.69. The zero-order chi connectivity index (χ0) is 18.2. The van der Waals surface area contributed by atoms with Crippen molar-refractivity contribution in [2.45, 2.75) is 69.7 Å². The molecule has 1 unspecified atom stereocenters. The predicted octanol–water partition coefficient (Wildman–Crippen LogP) is 3.43.